The lowest BCUT2D eigenvalue weighted by Crippen LogP contribution is -2.26. The fourth-order valence-electron chi connectivity index (χ4n) is 3.10. The zero-order valence-corrected chi connectivity index (χ0v) is 12.8. The van der Waals surface area contributed by atoms with Crippen LogP contribution < -0.4 is 10.1 Å². The predicted octanol–water partition coefficient (Wildman–Crippen LogP) is 3.82. The quantitative estimate of drug-likeness (QED) is 0.865. The summed E-state index contributed by atoms with van der Waals surface area (Å²) in [4.78, 5) is 4.10. The molecular weight excluding hydrogens is 267 g/mol. The van der Waals surface area contributed by atoms with Crippen molar-refractivity contribution in [1.82, 2.24) is 10.3 Å². The maximum absolute atomic E-state index is 14.4. The van der Waals surface area contributed by atoms with Gasteiger partial charge in [0.1, 0.15) is 6.10 Å². The highest BCUT2D eigenvalue weighted by Crippen LogP contribution is 2.30. The van der Waals surface area contributed by atoms with Crippen LogP contribution >= 0.6 is 0 Å². The SMILES string of the molecule is CCC1CCCC(Oc2nccc(CNC3CC3)c2F)C1. The van der Waals surface area contributed by atoms with E-state index in [4.69, 9.17) is 4.74 Å². The minimum atomic E-state index is -0.288. The summed E-state index contributed by atoms with van der Waals surface area (Å²) in [6.07, 6.45) is 9.86. The second-order valence-electron chi connectivity index (χ2n) is 6.43. The van der Waals surface area contributed by atoms with E-state index < -0.39 is 0 Å². The maximum Gasteiger partial charge on any atom is 0.250 e. The number of rotatable bonds is 6. The van der Waals surface area contributed by atoms with E-state index in [2.05, 4.69) is 17.2 Å². The van der Waals surface area contributed by atoms with Gasteiger partial charge in [0, 0.05) is 24.3 Å². The van der Waals surface area contributed by atoms with Crippen LogP contribution in [0, 0.1) is 11.7 Å². The molecule has 1 aromatic heterocycles. The molecule has 1 N–H and O–H groups in total. The molecule has 4 heteroatoms. The molecule has 2 aliphatic rings. The third kappa shape index (κ3) is 3.94. The van der Waals surface area contributed by atoms with Gasteiger partial charge in [-0.1, -0.05) is 19.8 Å². The summed E-state index contributed by atoms with van der Waals surface area (Å²) < 4.78 is 20.3. The van der Waals surface area contributed by atoms with E-state index >= 15 is 0 Å². The molecule has 21 heavy (non-hydrogen) atoms. The lowest BCUT2D eigenvalue weighted by atomic mass is 9.85. The molecule has 2 aliphatic carbocycles. The Labute approximate surface area is 126 Å². The summed E-state index contributed by atoms with van der Waals surface area (Å²) in [7, 11) is 0. The van der Waals surface area contributed by atoms with E-state index in [1.807, 2.05) is 0 Å². The van der Waals surface area contributed by atoms with E-state index in [-0.39, 0.29) is 17.8 Å². The van der Waals surface area contributed by atoms with E-state index in [0.717, 1.165) is 12.8 Å². The van der Waals surface area contributed by atoms with Crippen LogP contribution in [0.4, 0.5) is 4.39 Å². The highest BCUT2D eigenvalue weighted by atomic mass is 19.1. The van der Waals surface area contributed by atoms with Crippen LogP contribution in [0.5, 0.6) is 5.88 Å². The fraction of sp³-hybridized carbons (Fsp3) is 0.706. The van der Waals surface area contributed by atoms with Gasteiger partial charge in [0.15, 0.2) is 5.82 Å². The minimum absolute atomic E-state index is 0.123. The van der Waals surface area contributed by atoms with Gasteiger partial charge < -0.3 is 10.1 Å². The second kappa shape index (κ2) is 6.73. The summed E-state index contributed by atoms with van der Waals surface area (Å²) in [6, 6.07) is 2.32. The third-order valence-electron chi connectivity index (χ3n) is 4.69. The van der Waals surface area contributed by atoms with Gasteiger partial charge in [-0.05, 0) is 44.1 Å². The van der Waals surface area contributed by atoms with Crippen LogP contribution in [0.2, 0.25) is 0 Å². The normalized spacial score (nSPS) is 25.8. The van der Waals surface area contributed by atoms with Crippen molar-refractivity contribution in [3.63, 3.8) is 0 Å². The smallest absolute Gasteiger partial charge is 0.250 e. The standard InChI is InChI=1S/C17H25FN2O/c1-2-12-4-3-5-15(10-12)21-17-16(18)13(8-9-19-17)11-20-14-6-7-14/h8-9,12,14-15,20H,2-7,10-11H2,1H3. The van der Waals surface area contributed by atoms with Crippen molar-refractivity contribution in [3.8, 4) is 5.88 Å². The summed E-state index contributed by atoms with van der Waals surface area (Å²) in [5, 5.41) is 3.34. The van der Waals surface area contributed by atoms with E-state index in [1.54, 1.807) is 12.3 Å². The molecular formula is C17H25FN2O. The number of ether oxygens (including phenoxy) is 1. The van der Waals surface area contributed by atoms with E-state index in [1.165, 1.54) is 32.1 Å². The first-order chi connectivity index (χ1) is 10.3. The molecule has 0 aliphatic heterocycles. The van der Waals surface area contributed by atoms with Crippen LogP contribution in [0.1, 0.15) is 57.4 Å². The Hall–Kier alpha value is -1.16. The molecule has 0 bridgehead atoms. The molecule has 1 heterocycles. The van der Waals surface area contributed by atoms with Gasteiger partial charge in [-0.25, -0.2) is 9.37 Å². The highest BCUT2D eigenvalue weighted by Gasteiger charge is 2.25. The number of pyridine rings is 1. The zero-order valence-electron chi connectivity index (χ0n) is 12.8. The van der Waals surface area contributed by atoms with E-state index in [0.29, 0.717) is 24.1 Å². The fourth-order valence-corrected chi connectivity index (χ4v) is 3.10. The first-order valence-electron chi connectivity index (χ1n) is 8.29. The Morgan fingerprint density at radius 3 is 2.95 bits per heavy atom. The molecule has 3 rings (SSSR count). The number of nitrogens with zero attached hydrogens (tertiary/aromatic N) is 1. The number of nitrogens with one attached hydrogen (secondary N) is 1. The van der Waals surface area contributed by atoms with Crippen molar-refractivity contribution < 1.29 is 9.13 Å². The first kappa shape index (κ1) is 14.8. The van der Waals surface area contributed by atoms with E-state index in [9.17, 15) is 4.39 Å². The Morgan fingerprint density at radius 2 is 2.19 bits per heavy atom. The number of halogens is 1. The summed E-state index contributed by atoms with van der Waals surface area (Å²) >= 11 is 0. The van der Waals surface area contributed by atoms with Gasteiger partial charge in [0.2, 0.25) is 0 Å². The van der Waals surface area contributed by atoms with Crippen molar-refractivity contribution in [1.29, 1.82) is 0 Å². The Kier molecular flexibility index (Phi) is 4.73. The molecule has 0 spiro atoms. The minimum Gasteiger partial charge on any atom is -0.472 e. The maximum atomic E-state index is 14.4. The van der Waals surface area contributed by atoms with Gasteiger partial charge >= 0.3 is 0 Å². The van der Waals surface area contributed by atoms with Crippen LogP contribution in [-0.4, -0.2) is 17.1 Å². The predicted molar refractivity (Wildman–Crippen MR) is 80.7 cm³/mol. The van der Waals surface area contributed by atoms with Crippen molar-refractivity contribution >= 4 is 0 Å². The number of hydrogen-bond acceptors (Lipinski definition) is 3. The molecule has 0 aromatic carbocycles. The molecule has 2 unspecified atom stereocenters. The molecule has 0 radical (unpaired) electrons. The Balaban J connectivity index is 1.62. The monoisotopic (exact) mass is 292 g/mol. The molecule has 2 saturated carbocycles. The molecule has 2 fully saturated rings. The largest absolute Gasteiger partial charge is 0.472 e. The van der Waals surface area contributed by atoms with Gasteiger partial charge in [-0.15, -0.1) is 0 Å². The van der Waals surface area contributed by atoms with Crippen molar-refractivity contribution in [2.75, 3.05) is 0 Å². The molecule has 1 aromatic rings. The molecule has 0 saturated heterocycles. The van der Waals surface area contributed by atoms with Crippen LogP contribution in [-0.2, 0) is 6.54 Å². The molecule has 116 valence electrons. The highest BCUT2D eigenvalue weighted by molar-refractivity contribution is 5.24. The van der Waals surface area contributed by atoms with Gasteiger partial charge in [0.05, 0.1) is 0 Å². The van der Waals surface area contributed by atoms with Crippen molar-refractivity contribution in [2.24, 2.45) is 5.92 Å². The lowest BCUT2D eigenvalue weighted by molar-refractivity contribution is 0.111. The summed E-state index contributed by atoms with van der Waals surface area (Å²) in [5.74, 6) is 0.614. The zero-order chi connectivity index (χ0) is 14.7. The average Bonchev–Trinajstić information content (AvgIpc) is 3.33. The molecule has 0 amide bonds. The Morgan fingerprint density at radius 1 is 1.33 bits per heavy atom. The van der Waals surface area contributed by atoms with Crippen LogP contribution in [0.3, 0.4) is 0 Å². The van der Waals surface area contributed by atoms with Crippen molar-refractivity contribution in [3.05, 3.63) is 23.6 Å². The van der Waals surface area contributed by atoms with Gasteiger partial charge in [-0.2, -0.15) is 0 Å². The third-order valence-corrected chi connectivity index (χ3v) is 4.69. The van der Waals surface area contributed by atoms with Crippen LogP contribution in [0.15, 0.2) is 12.3 Å². The molecule has 3 nitrogen and oxygen atoms in total. The van der Waals surface area contributed by atoms with Gasteiger partial charge in [-0.3, -0.25) is 0 Å². The lowest BCUT2D eigenvalue weighted by Gasteiger charge is -2.28. The van der Waals surface area contributed by atoms with Crippen molar-refractivity contribution in [2.45, 2.75) is 70.6 Å². The number of aromatic nitrogens is 1. The summed E-state index contributed by atoms with van der Waals surface area (Å²) in [6.45, 7) is 2.79. The topological polar surface area (TPSA) is 34.1 Å². The molecule has 2 atom stereocenters. The summed E-state index contributed by atoms with van der Waals surface area (Å²) in [5.41, 5.74) is 0.662. The van der Waals surface area contributed by atoms with Crippen LogP contribution in [0.25, 0.3) is 0 Å². The Bertz CT molecular complexity index is 476. The van der Waals surface area contributed by atoms with Gasteiger partial charge in [0.25, 0.3) is 5.88 Å². The second-order valence-corrected chi connectivity index (χ2v) is 6.43. The average molecular weight is 292 g/mol. The first-order valence-corrected chi connectivity index (χ1v) is 8.29. The number of hydrogen-bond donors (Lipinski definition) is 1.